The molecule has 6 heteroatoms. The summed E-state index contributed by atoms with van der Waals surface area (Å²) in [5, 5.41) is 11.3. The minimum Gasteiger partial charge on any atom is -0.491 e. The van der Waals surface area contributed by atoms with Crippen molar-refractivity contribution in [2.75, 3.05) is 26.1 Å². The molecule has 1 N–H and O–H groups in total. The summed E-state index contributed by atoms with van der Waals surface area (Å²) in [6.45, 7) is 5.35. The molecule has 0 saturated carbocycles. The summed E-state index contributed by atoms with van der Waals surface area (Å²) in [6, 6.07) is 15.9. The first-order valence-electron chi connectivity index (χ1n) is 9.29. The molecule has 0 bridgehead atoms. The van der Waals surface area contributed by atoms with Crippen molar-refractivity contribution in [3.8, 4) is 5.75 Å². The van der Waals surface area contributed by atoms with Gasteiger partial charge >= 0.3 is 0 Å². The first-order valence-corrected chi connectivity index (χ1v) is 10.3. The number of aliphatic hydroxyl groups is 1. The molecule has 2 aromatic carbocycles. The minimum absolute atomic E-state index is 0.236. The molecule has 3 rings (SSSR count). The lowest BCUT2D eigenvalue weighted by molar-refractivity contribution is 0.126. The maximum Gasteiger partial charge on any atom is 0.169 e. The van der Waals surface area contributed by atoms with Gasteiger partial charge in [0.05, 0.1) is 23.7 Å². The summed E-state index contributed by atoms with van der Waals surface area (Å²) in [4.78, 5) is 4.70. The predicted molar refractivity (Wildman–Crippen MR) is 114 cm³/mol. The molecule has 0 saturated heterocycles. The van der Waals surface area contributed by atoms with E-state index >= 15 is 0 Å². The lowest BCUT2D eigenvalue weighted by atomic mass is 10.1. The smallest absolute Gasteiger partial charge is 0.169 e. The molecular formula is C22H26N2O3S. The Morgan fingerprint density at radius 1 is 1.21 bits per heavy atom. The van der Waals surface area contributed by atoms with Crippen molar-refractivity contribution in [2.24, 2.45) is 0 Å². The summed E-state index contributed by atoms with van der Waals surface area (Å²) < 4.78 is 13.2. The highest BCUT2D eigenvalue weighted by molar-refractivity contribution is 7.99. The van der Waals surface area contributed by atoms with E-state index in [0.717, 1.165) is 40.5 Å². The maximum atomic E-state index is 10.4. The van der Waals surface area contributed by atoms with Gasteiger partial charge in [0.1, 0.15) is 12.4 Å². The van der Waals surface area contributed by atoms with E-state index < -0.39 is 6.10 Å². The number of para-hydroxylation sites is 3. The molecule has 0 aliphatic rings. The van der Waals surface area contributed by atoms with Gasteiger partial charge in [0.2, 0.25) is 0 Å². The van der Waals surface area contributed by atoms with E-state index in [1.165, 1.54) is 11.8 Å². The van der Waals surface area contributed by atoms with Gasteiger partial charge in [0, 0.05) is 19.4 Å². The molecule has 3 aromatic rings. The average Bonchev–Trinajstić information content (AvgIpc) is 3.07. The zero-order chi connectivity index (χ0) is 19.8. The molecule has 1 heterocycles. The monoisotopic (exact) mass is 398 g/mol. The number of imidazole rings is 1. The standard InChI is InChI=1S/C22H26N2O3S/c1-3-8-17-9-4-7-12-21(17)27-15-18(25)16-28-22-23-19-10-5-6-11-20(19)24(22)13-14-26-2/h3-7,9-12,18,25H,1,8,13-16H2,2H3. The van der Waals surface area contributed by atoms with Crippen LogP contribution < -0.4 is 4.74 Å². The molecule has 28 heavy (non-hydrogen) atoms. The minimum atomic E-state index is -0.600. The van der Waals surface area contributed by atoms with Crippen LogP contribution in [0.1, 0.15) is 5.56 Å². The third-order valence-corrected chi connectivity index (χ3v) is 5.43. The zero-order valence-electron chi connectivity index (χ0n) is 16.1. The third kappa shape index (κ3) is 5.16. The van der Waals surface area contributed by atoms with E-state index in [2.05, 4.69) is 17.2 Å². The van der Waals surface area contributed by atoms with Crippen molar-refractivity contribution in [3.05, 3.63) is 66.7 Å². The van der Waals surface area contributed by atoms with Crippen LogP contribution in [0.25, 0.3) is 11.0 Å². The molecule has 1 unspecified atom stereocenters. The molecule has 0 fully saturated rings. The fourth-order valence-electron chi connectivity index (χ4n) is 2.94. The number of aromatic nitrogens is 2. The van der Waals surface area contributed by atoms with Gasteiger partial charge in [-0.15, -0.1) is 6.58 Å². The number of nitrogens with zero attached hydrogens (tertiary/aromatic N) is 2. The van der Waals surface area contributed by atoms with Gasteiger partial charge in [0.25, 0.3) is 0 Å². The van der Waals surface area contributed by atoms with Crippen LogP contribution in [-0.4, -0.2) is 46.8 Å². The normalized spacial score (nSPS) is 12.2. The van der Waals surface area contributed by atoms with Crippen LogP contribution >= 0.6 is 11.8 Å². The largest absolute Gasteiger partial charge is 0.491 e. The van der Waals surface area contributed by atoms with Gasteiger partial charge in [0.15, 0.2) is 5.16 Å². The fraction of sp³-hybridized carbons (Fsp3) is 0.318. The van der Waals surface area contributed by atoms with Crippen LogP contribution in [0.5, 0.6) is 5.75 Å². The van der Waals surface area contributed by atoms with Crippen LogP contribution in [-0.2, 0) is 17.7 Å². The van der Waals surface area contributed by atoms with E-state index in [1.54, 1.807) is 7.11 Å². The molecule has 0 aliphatic heterocycles. The molecule has 0 spiro atoms. The highest BCUT2D eigenvalue weighted by atomic mass is 32.2. The number of hydrogen-bond donors (Lipinski definition) is 1. The maximum absolute atomic E-state index is 10.4. The van der Waals surface area contributed by atoms with Crippen molar-refractivity contribution in [1.82, 2.24) is 9.55 Å². The number of allylic oxidation sites excluding steroid dienone is 1. The number of fused-ring (bicyclic) bond motifs is 1. The SMILES string of the molecule is C=CCc1ccccc1OCC(O)CSc1nc2ccccc2n1CCOC. The van der Waals surface area contributed by atoms with Gasteiger partial charge in [-0.3, -0.25) is 0 Å². The molecule has 148 valence electrons. The lowest BCUT2D eigenvalue weighted by Crippen LogP contribution is -2.21. The zero-order valence-corrected chi connectivity index (χ0v) is 16.9. The topological polar surface area (TPSA) is 56.5 Å². The fourth-order valence-corrected chi connectivity index (χ4v) is 3.88. The molecule has 0 aliphatic carbocycles. The molecule has 1 aromatic heterocycles. The lowest BCUT2D eigenvalue weighted by Gasteiger charge is -2.15. The van der Waals surface area contributed by atoms with Crippen LogP contribution in [0.4, 0.5) is 0 Å². The Balaban J connectivity index is 1.61. The molecule has 1 atom stereocenters. The van der Waals surface area contributed by atoms with E-state index in [1.807, 2.05) is 48.5 Å². The van der Waals surface area contributed by atoms with E-state index in [9.17, 15) is 5.11 Å². The number of methoxy groups -OCH3 is 1. The number of thioether (sulfide) groups is 1. The second-order valence-electron chi connectivity index (χ2n) is 6.40. The van der Waals surface area contributed by atoms with Crippen molar-refractivity contribution in [2.45, 2.75) is 24.2 Å². The van der Waals surface area contributed by atoms with Crippen LogP contribution in [0.2, 0.25) is 0 Å². The summed E-state index contributed by atoms with van der Waals surface area (Å²) in [5.74, 6) is 1.29. The molecular weight excluding hydrogens is 372 g/mol. The molecule has 0 radical (unpaired) electrons. The highest BCUT2D eigenvalue weighted by Crippen LogP contribution is 2.25. The molecule has 0 amide bonds. The Morgan fingerprint density at radius 3 is 2.82 bits per heavy atom. The van der Waals surface area contributed by atoms with Crippen molar-refractivity contribution < 1.29 is 14.6 Å². The number of rotatable bonds is 11. The third-order valence-electron chi connectivity index (χ3n) is 4.31. The van der Waals surface area contributed by atoms with Crippen LogP contribution in [0, 0.1) is 0 Å². The Labute approximate surface area is 170 Å². The van der Waals surface area contributed by atoms with Crippen molar-refractivity contribution in [1.29, 1.82) is 0 Å². The van der Waals surface area contributed by atoms with Gasteiger partial charge < -0.3 is 19.1 Å². The van der Waals surface area contributed by atoms with Gasteiger partial charge in [-0.2, -0.15) is 0 Å². The highest BCUT2D eigenvalue weighted by Gasteiger charge is 2.14. The summed E-state index contributed by atoms with van der Waals surface area (Å²) in [5.41, 5.74) is 3.09. The van der Waals surface area contributed by atoms with E-state index in [-0.39, 0.29) is 6.61 Å². The van der Waals surface area contributed by atoms with Crippen molar-refractivity contribution in [3.63, 3.8) is 0 Å². The van der Waals surface area contributed by atoms with E-state index in [0.29, 0.717) is 12.4 Å². The summed E-state index contributed by atoms with van der Waals surface area (Å²) >= 11 is 1.53. The van der Waals surface area contributed by atoms with Gasteiger partial charge in [-0.05, 0) is 30.2 Å². The number of benzene rings is 2. The second-order valence-corrected chi connectivity index (χ2v) is 7.39. The number of hydrogen-bond acceptors (Lipinski definition) is 5. The average molecular weight is 399 g/mol. The predicted octanol–water partition coefficient (Wildman–Crippen LogP) is 3.94. The van der Waals surface area contributed by atoms with E-state index in [4.69, 9.17) is 14.5 Å². The van der Waals surface area contributed by atoms with Crippen molar-refractivity contribution >= 4 is 22.8 Å². The van der Waals surface area contributed by atoms with Crippen LogP contribution in [0.15, 0.2) is 66.3 Å². The number of aliphatic hydroxyl groups excluding tert-OH is 1. The van der Waals surface area contributed by atoms with Gasteiger partial charge in [-0.25, -0.2) is 4.98 Å². The Bertz CT molecular complexity index is 910. The van der Waals surface area contributed by atoms with Crippen LogP contribution in [0.3, 0.4) is 0 Å². The first kappa shape index (κ1) is 20.5. The second kappa shape index (κ2) is 10.3. The first-order chi connectivity index (χ1) is 13.7. The Morgan fingerprint density at radius 2 is 2.00 bits per heavy atom. The number of ether oxygens (including phenoxy) is 2. The Hall–Kier alpha value is -2.28. The summed E-state index contributed by atoms with van der Waals surface area (Å²) in [7, 11) is 1.69. The molecule has 5 nitrogen and oxygen atoms in total. The summed E-state index contributed by atoms with van der Waals surface area (Å²) in [6.07, 6.45) is 1.99. The van der Waals surface area contributed by atoms with Gasteiger partial charge in [-0.1, -0.05) is 48.2 Å². The quantitative estimate of drug-likeness (QED) is 0.392. The Kier molecular flexibility index (Phi) is 7.54.